The zero-order valence-electron chi connectivity index (χ0n) is 15.5. The summed E-state index contributed by atoms with van der Waals surface area (Å²) in [5.41, 5.74) is 5.11. The number of aromatic nitrogens is 4. The molecule has 1 atom stereocenters. The first-order chi connectivity index (χ1) is 12.5. The van der Waals surface area contributed by atoms with Crippen LogP contribution in [0.1, 0.15) is 36.6 Å². The van der Waals surface area contributed by atoms with E-state index in [1.54, 1.807) is 6.92 Å². The average molecular weight is 349 g/mol. The number of anilines is 1. The molecule has 6 heteroatoms. The fourth-order valence-electron chi connectivity index (χ4n) is 2.69. The van der Waals surface area contributed by atoms with Gasteiger partial charge in [-0.1, -0.05) is 48.9 Å². The van der Waals surface area contributed by atoms with Gasteiger partial charge >= 0.3 is 0 Å². The van der Waals surface area contributed by atoms with Crippen LogP contribution in [0.3, 0.4) is 0 Å². The van der Waals surface area contributed by atoms with Gasteiger partial charge < -0.3 is 5.32 Å². The number of tetrazole rings is 1. The summed E-state index contributed by atoms with van der Waals surface area (Å²) in [4.78, 5) is 13.9. The maximum absolute atomic E-state index is 12.5. The predicted octanol–water partition coefficient (Wildman–Crippen LogP) is 3.72. The Morgan fingerprint density at radius 3 is 2.54 bits per heavy atom. The van der Waals surface area contributed by atoms with E-state index in [0.29, 0.717) is 5.82 Å². The van der Waals surface area contributed by atoms with Gasteiger partial charge in [0, 0.05) is 11.3 Å². The number of hydrogen-bond acceptors (Lipinski definition) is 4. The number of rotatable bonds is 5. The fourth-order valence-corrected chi connectivity index (χ4v) is 2.69. The lowest BCUT2D eigenvalue weighted by atomic mass is 10.1. The van der Waals surface area contributed by atoms with Crippen molar-refractivity contribution in [2.24, 2.45) is 0 Å². The first kappa shape index (κ1) is 17.8. The van der Waals surface area contributed by atoms with E-state index in [0.717, 1.165) is 28.8 Å². The van der Waals surface area contributed by atoms with Crippen molar-refractivity contribution in [2.45, 2.75) is 40.2 Å². The van der Waals surface area contributed by atoms with E-state index in [1.165, 1.54) is 10.4 Å². The predicted molar refractivity (Wildman–Crippen MR) is 102 cm³/mol. The highest BCUT2D eigenvalue weighted by Gasteiger charge is 2.19. The summed E-state index contributed by atoms with van der Waals surface area (Å²) in [6.45, 7) is 7.86. The zero-order valence-corrected chi connectivity index (χ0v) is 15.5. The first-order valence-electron chi connectivity index (χ1n) is 8.75. The fraction of sp³-hybridized carbons (Fsp3) is 0.300. The Hall–Kier alpha value is -3.02. The van der Waals surface area contributed by atoms with Gasteiger partial charge in [0.1, 0.15) is 6.04 Å². The molecule has 3 rings (SSSR count). The van der Waals surface area contributed by atoms with Gasteiger partial charge in [-0.2, -0.15) is 4.80 Å². The number of carbonyl (C=O) groups excluding carboxylic acids is 1. The standard InChI is InChI=1S/C20H23N5O/c1-5-16-7-9-17(10-8-16)19-22-24-25(23-19)15(4)20(26)21-18-11-6-13(2)12-14(18)3/h6-12,15H,5H2,1-4H3,(H,21,26)/t15-/m1/s1. The topological polar surface area (TPSA) is 72.7 Å². The number of hydrogen-bond donors (Lipinski definition) is 1. The molecule has 0 aliphatic carbocycles. The van der Waals surface area contributed by atoms with Crippen molar-refractivity contribution in [3.05, 3.63) is 59.2 Å². The molecule has 1 heterocycles. The molecule has 3 aromatic rings. The van der Waals surface area contributed by atoms with Crippen molar-refractivity contribution in [2.75, 3.05) is 5.32 Å². The Morgan fingerprint density at radius 2 is 1.88 bits per heavy atom. The summed E-state index contributed by atoms with van der Waals surface area (Å²) < 4.78 is 0. The lowest BCUT2D eigenvalue weighted by Crippen LogP contribution is -2.25. The second-order valence-electron chi connectivity index (χ2n) is 6.47. The van der Waals surface area contributed by atoms with E-state index in [4.69, 9.17) is 0 Å². The molecule has 1 amide bonds. The van der Waals surface area contributed by atoms with Crippen LogP contribution < -0.4 is 5.32 Å². The maximum atomic E-state index is 12.5. The molecule has 26 heavy (non-hydrogen) atoms. The van der Waals surface area contributed by atoms with Gasteiger partial charge in [-0.15, -0.1) is 10.2 Å². The lowest BCUT2D eigenvalue weighted by molar-refractivity contribution is -0.119. The molecule has 0 bridgehead atoms. The Balaban J connectivity index is 1.74. The number of nitrogens with zero attached hydrogens (tertiary/aromatic N) is 4. The molecule has 0 saturated heterocycles. The third-order valence-corrected chi connectivity index (χ3v) is 4.41. The van der Waals surface area contributed by atoms with Gasteiger partial charge in [0.15, 0.2) is 0 Å². The molecule has 6 nitrogen and oxygen atoms in total. The molecule has 0 radical (unpaired) electrons. The van der Waals surface area contributed by atoms with Crippen LogP contribution in [0.4, 0.5) is 5.69 Å². The smallest absolute Gasteiger partial charge is 0.250 e. The molecule has 1 N–H and O–H groups in total. The molecule has 0 aliphatic rings. The van der Waals surface area contributed by atoms with Crippen LogP contribution in [-0.2, 0) is 11.2 Å². The van der Waals surface area contributed by atoms with Crippen LogP contribution in [0.15, 0.2) is 42.5 Å². The van der Waals surface area contributed by atoms with Gasteiger partial charge in [0.25, 0.3) is 5.91 Å². The van der Waals surface area contributed by atoms with Crippen molar-refractivity contribution in [3.63, 3.8) is 0 Å². The van der Waals surface area contributed by atoms with Crippen LogP contribution in [0.25, 0.3) is 11.4 Å². The van der Waals surface area contributed by atoms with Gasteiger partial charge in [-0.05, 0) is 49.6 Å². The minimum atomic E-state index is -0.563. The summed E-state index contributed by atoms with van der Waals surface area (Å²) in [5.74, 6) is 0.334. The van der Waals surface area contributed by atoms with E-state index in [-0.39, 0.29) is 5.91 Å². The van der Waals surface area contributed by atoms with Crippen molar-refractivity contribution < 1.29 is 4.79 Å². The van der Waals surface area contributed by atoms with Crippen LogP contribution in [-0.4, -0.2) is 26.1 Å². The third kappa shape index (κ3) is 3.79. The maximum Gasteiger partial charge on any atom is 0.250 e. The molecular weight excluding hydrogens is 326 g/mol. The molecule has 1 aromatic heterocycles. The van der Waals surface area contributed by atoms with E-state index in [2.05, 4.69) is 27.7 Å². The van der Waals surface area contributed by atoms with Crippen molar-refractivity contribution in [1.82, 2.24) is 20.2 Å². The second kappa shape index (κ2) is 7.47. The highest BCUT2D eigenvalue weighted by atomic mass is 16.2. The van der Waals surface area contributed by atoms with Crippen molar-refractivity contribution >= 4 is 11.6 Å². The third-order valence-electron chi connectivity index (χ3n) is 4.41. The zero-order chi connectivity index (χ0) is 18.7. The molecule has 0 spiro atoms. The van der Waals surface area contributed by atoms with E-state index in [1.807, 2.05) is 56.3 Å². The van der Waals surface area contributed by atoms with Crippen LogP contribution in [0.2, 0.25) is 0 Å². The van der Waals surface area contributed by atoms with Crippen LogP contribution in [0, 0.1) is 13.8 Å². The van der Waals surface area contributed by atoms with Gasteiger partial charge in [-0.25, -0.2) is 0 Å². The molecule has 0 unspecified atom stereocenters. The normalized spacial score (nSPS) is 12.0. The van der Waals surface area contributed by atoms with E-state index >= 15 is 0 Å². The monoisotopic (exact) mass is 349 g/mol. The minimum absolute atomic E-state index is 0.178. The van der Waals surface area contributed by atoms with Gasteiger partial charge in [-0.3, -0.25) is 4.79 Å². The Kier molecular flexibility index (Phi) is 5.11. The Morgan fingerprint density at radius 1 is 1.15 bits per heavy atom. The lowest BCUT2D eigenvalue weighted by Gasteiger charge is -2.13. The molecule has 2 aromatic carbocycles. The van der Waals surface area contributed by atoms with Crippen molar-refractivity contribution in [1.29, 1.82) is 0 Å². The number of amides is 1. The molecule has 0 fully saturated rings. The van der Waals surface area contributed by atoms with Crippen LogP contribution in [0.5, 0.6) is 0 Å². The number of aryl methyl sites for hydroxylation is 3. The highest BCUT2D eigenvalue weighted by molar-refractivity contribution is 5.94. The summed E-state index contributed by atoms with van der Waals surface area (Å²) >= 11 is 0. The largest absolute Gasteiger partial charge is 0.324 e. The number of benzene rings is 2. The van der Waals surface area contributed by atoms with Gasteiger partial charge in [0.2, 0.25) is 5.82 Å². The molecule has 134 valence electrons. The quantitative estimate of drug-likeness (QED) is 0.762. The number of nitrogens with one attached hydrogen (secondary N) is 1. The molecule has 0 saturated carbocycles. The summed E-state index contributed by atoms with van der Waals surface area (Å²) in [7, 11) is 0. The Labute approximate surface area is 153 Å². The summed E-state index contributed by atoms with van der Waals surface area (Å²) in [6.07, 6.45) is 0.982. The van der Waals surface area contributed by atoms with E-state index in [9.17, 15) is 4.79 Å². The summed E-state index contributed by atoms with van der Waals surface area (Å²) in [6, 6.07) is 13.4. The molecular formula is C20H23N5O. The highest BCUT2D eigenvalue weighted by Crippen LogP contribution is 2.19. The second-order valence-corrected chi connectivity index (χ2v) is 6.47. The SMILES string of the molecule is CCc1ccc(-c2nnn([C@H](C)C(=O)Nc3ccc(C)cc3C)n2)cc1. The van der Waals surface area contributed by atoms with Crippen molar-refractivity contribution in [3.8, 4) is 11.4 Å². The molecule has 0 aliphatic heterocycles. The number of carbonyl (C=O) groups is 1. The first-order valence-corrected chi connectivity index (χ1v) is 8.75. The average Bonchev–Trinajstić information content (AvgIpc) is 3.13. The van der Waals surface area contributed by atoms with Gasteiger partial charge in [0.05, 0.1) is 0 Å². The van der Waals surface area contributed by atoms with E-state index < -0.39 is 6.04 Å². The Bertz CT molecular complexity index is 914. The van der Waals surface area contributed by atoms with Crippen LogP contribution >= 0.6 is 0 Å². The summed E-state index contributed by atoms with van der Waals surface area (Å²) in [5, 5.41) is 15.4. The minimum Gasteiger partial charge on any atom is -0.324 e.